The second-order valence-electron chi connectivity index (χ2n) is 6.25. The lowest BCUT2D eigenvalue weighted by atomic mass is 10.1. The molecule has 3 heteroatoms. The van der Waals surface area contributed by atoms with Crippen LogP contribution in [0, 0.1) is 11.7 Å². The van der Waals surface area contributed by atoms with Crippen LogP contribution in [0.3, 0.4) is 0 Å². The zero-order valence-corrected chi connectivity index (χ0v) is 12.8. The predicted molar refractivity (Wildman–Crippen MR) is 81.2 cm³/mol. The molecule has 0 aliphatic heterocycles. The van der Waals surface area contributed by atoms with E-state index in [9.17, 15) is 4.39 Å². The SMILES string of the molecule is CCN(CC(C)CNC(C)(C)C)c1ccc(F)cc1. The van der Waals surface area contributed by atoms with E-state index in [1.54, 1.807) is 0 Å². The van der Waals surface area contributed by atoms with E-state index in [1.165, 1.54) is 12.1 Å². The maximum absolute atomic E-state index is 12.9. The Labute approximate surface area is 117 Å². The van der Waals surface area contributed by atoms with Crippen LogP contribution in [0.1, 0.15) is 34.6 Å². The first-order chi connectivity index (χ1) is 8.81. The minimum atomic E-state index is -0.178. The largest absolute Gasteiger partial charge is 0.371 e. The zero-order chi connectivity index (χ0) is 14.5. The molecule has 0 saturated heterocycles. The van der Waals surface area contributed by atoms with Crippen LogP contribution in [0.5, 0.6) is 0 Å². The maximum atomic E-state index is 12.9. The lowest BCUT2D eigenvalue weighted by Gasteiger charge is -2.29. The van der Waals surface area contributed by atoms with Crippen molar-refractivity contribution in [1.29, 1.82) is 0 Å². The Balaban J connectivity index is 2.54. The summed E-state index contributed by atoms with van der Waals surface area (Å²) in [6, 6.07) is 6.75. The van der Waals surface area contributed by atoms with Gasteiger partial charge in [-0.2, -0.15) is 0 Å². The van der Waals surface area contributed by atoms with Gasteiger partial charge in [-0.3, -0.25) is 0 Å². The summed E-state index contributed by atoms with van der Waals surface area (Å²) in [5.74, 6) is 0.367. The Morgan fingerprint density at radius 1 is 1.21 bits per heavy atom. The van der Waals surface area contributed by atoms with Gasteiger partial charge in [-0.15, -0.1) is 0 Å². The van der Waals surface area contributed by atoms with Gasteiger partial charge in [-0.05, 0) is 64.4 Å². The molecule has 19 heavy (non-hydrogen) atoms. The number of nitrogens with zero attached hydrogens (tertiary/aromatic N) is 1. The van der Waals surface area contributed by atoms with Gasteiger partial charge in [-0.1, -0.05) is 6.92 Å². The van der Waals surface area contributed by atoms with Crippen molar-refractivity contribution in [3.05, 3.63) is 30.1 Å². The monoisotopic (exact) mass is 266 g/mol. The van der Waals surface area contributed by atoms with E-state index in [0.29, 0.717) is 5.92 Å². The molecule has 0 saturated carbocycles. The van der Waals surface area contributed by atoms with Gasteiger partial charge >= 0.3 is 0 Å². The first-order valence-corrected chi connectivity index (χ1v) is 7.07. The smallest absolute Gasteiger partial charge is 0.123 e. The fraction of sp³-hybridized carbons (Fsp3) is 0.625. The topological polar surface area (TPSA) is 15.3 Å². The van der Waals surface area contributed by atoms with Gasteiger partial charge in [0, 0.05) is 24.3 Å². The van der Waals surface area contributed by atoms with E-state index in [-0.39, 0.29) is 11.4 Å². The summed E-state index contributed by atoms with van der Waals surface area (Å²) in [6.45, 7) is 13.8. The van der Waals surface area contributed by atoms with Crippen molar-refractivity contribution in [2.75, 3.05) is 24.5 Å². The summed E-state index contributed by atoms with van der Waals surface area (Å²) < 4.78 is 12.9. The van der Waals surface area contributed by atoms with E-state index in [0.717, 1.165) is 25.3 Å². The van der Waals surface area contributed by atoms with Gasteiger partial charge in [0.15, 0.2) is 0 Å². The maximum Gasteiger partial charge on any atom is 0.123 e. The van der Waals surface area contributed by atoms with Crippen LogP contribution in [0.15, 0.2) is 24.3 Å². The minimum Gasteiger partial charge on any atom is -0.371 e. The zero-order valence-electron chi connectivity index (χ0n) is 12.8. The molecule has 1 rings (SSSR count). The summed E-state index contributed by atoms with van der Waals surface area (Å²) in [7, 11) is 0. The average Bonchev–Trinajstić information content (AvgIpc) is 2.34. The molecule has 1 atom stereocenters. The molecule has 0 fully saturated rings. The Hall–Kier alpha value is -1.09. The predicted octanol–water partition coefficient (Wildman–Crippen LogP) is 3.68. The highest BCUT2D eigenvalue weighted by atomic mass is 19.1. The number of hydrogen-bond donors (Lipinski definition) is 1. The molecule has 0 heterocycles. The summed E-state index contributed by atoms with van der Waals surface area (Å²) in [5, 5.41) is 3.52. The molecular formula is C16H27FN2. The Morgan fingerprint density at radius 2 is 1.79 bits per heavy atom. The van der Waals surface area contributed by atoms with E-state index in [4.69, 9.17) is 0 Å². The van der Waals surface area contributed by atoms with Crippen molar-refractivity contribution < 1.29 is 4.39 Å². The Bertz CT molecular complexity index is 367. The molecule has 0 spiro atoms. The lowest BCUT2D eigenvalue weighted by Crippen LogP contribution is -2.41. The number of anilines is 1. The standard InChI is InChI=1S/C16H27FN2/c1-6-19(15-9-7-14(17)8-10-15)12-13(2)11-18-16(3,4)5/h7-10,13,18H,6,11-12H2,1-5H3. The third-order valence-corrected chi connectivity index (χ3v) is 3.09. The van der Waals surface area contributed by atoms with Crippen molar-refractivity contribution in [2.45, 2.75) is 40.2 Å². The van der Waals surface area contributed by atoms with Gasteiger partial charge in [0.2, 0.25) is 0 Å². The van der Waals surface area contributed by atoms with E-state index in [2.05, 4.69) is 44.8 Å². The minimum absolute atomic E-state index is 0.154. The van der Waals surface area contributed by atoms with E-state index in [1.807, 2.05) is 12.1 Å². The summed E-state index contributed by atoms with van der Waals surface area (Å²) in [5.41, 5.74) is 1.24. The van der Waals surface area contributed by atoms with Crippen molar-refractivity contribution in [3.8, 4) is 0 Å². The van der Waals surface area contributed by atoms with Crippen LogP contribution >= 0.6 is 0 Å². The number of hydrogen-bond acceptors (Lipinski definition) is 2. The summed E-state index contributed by atoms with van der Waals surface area (Å²) in [4.78, 5) is 2.29. The Kier molecular flexibility index (Phi) is 5.80. The van der Waals surface area contributed by atoms with Gasteiger partial charge in [0.1, 0.15) is 5.82 Å². The highest BCUT2D eigenvalue weighted by molar-refractivity contribution is 5.46. The van der Waals surface area contributed by atoms with Gasteiger partial charge in [-0.25, -0.2) is 4.39 Å². The van der Waals surface area contributed by atoms with Gasteiger partial charge < -0.3 is 10.2 Å². The van der Waals surface area contributed by atoms with Gasteiger partial charge in [0.25, 0.3) is 0 Å². The van der Waals surface area contributed by atoms with Crippen molar-refractivity contribution in [1.82, 2.24) is 5.32 Å². The molecule has 0 aliphatic rings. The number of nitrogens with one attached hydrogen (secondary N) is 1. The summed E-state index contributed by atoms with van der Waals surface area (Å²) >= 11 is 0. The molecule has 1 N–H and O–H groups in total. The fourth-order valence-electron chi connectivity index (χ4n) is 1.99. The van der Waals surface area contributed by atoms with Crippen LogP contribution in [0.2, 0.25) is 0 Å². The van der Waals surface area contributed by atoms with Crippen molar-refractivity contribution >= 4 is 5.69 Å². The molecule has 0 aromatic heterocycles. The number of rotatable bonds is 6. The average molecular weight is 266 g/mol. The second kappa shape index (κ2) is 6.90. The van der Waals surface area contributed by atoms with Crippen molar-refractivity contribution in [3.63, 3.8) is 0 Å². The molecule has 1 aromatic carbocycles. The number of benzene rings is 1. The first-order valence-electron chi connectivity index (χ1n) is 7.07. The third-order valence-electron chi connectivity index (χ3n) is 3.09. The van der Waals surface area contributed by atoms with E-state index >= 15 is 0 Å². The molecule has 0 aliphatic carbocycles. The van der Waals surface area contributed by atoms with Gasteiger partial charge in [0.05, 0.1) is 0 Å². The molecule has 1 aromatic rings. The quantitative estimate of drug-likeness (QED) is 0.845. The van der Waals surface area contributed by atoms with Crippen LogP contribution in [-0.2, 0) is 0 Å². The highest BCUT2D eigenvalue weighted by Gasteiger charge is 2.13. The summed E-state index contributed by atoms with van der Waals surface area (Å²) in [6.07, 6.45) is 0. The number of halogens is 1. The molecule has 108 valence electrons. The normalized spacial score (nSPS) is 13.4. The molecule has 2 nitrogen and oxygen atoms in total. The van der Waals surface area contributed by atoms with Crippen LogP contribution in [0.25, 0.3) is 0 Å². The van der Waals surface area contributed by atoms with E-state index < -0.39 is 0 Å². The fourth-order valence-corrected chi connectivity index (χ4v) is 1.99. The molecule has 0 amide bonds. The molecule has 0 radical (unpaired) electrons. The Morgan fingerprint density at radius 3 is 2.26 bits per heavy atom. The van der Waals surface area contributed by atoms with Crippen LogP contribution in [0.4, 0.5) is 10.1 Å². The molecule has 1 unspecified atom stereocenters. The second-order valence-corrected chi connectivity index (χ2v) is 6.25. The highest BCUT2D eigenvalue weighted by Crippen LogP contribution is 2.16. The molecule has 0 bridgehead atoms. The van der Waals surface area contributed by atoms with Crippen molar-refractivity contribution in [2.24, 2.45) is 5.92 Å². The van der Waals surface area contributed by atoms with Crippen LogP contribution in [-0.4, -0.2) is 25.2 Å². The lowest BCUT2D eigenvalue weighted by molar-refractivity contribution is 0.382. The third kappa shape index (κ3) is 6.06. The first kappa shape index (κ1) is 16.0. The molecular weight excluding hydrogens is 239 g/mol. The van der Waals surface area contributed by atoms with Crippen LogP contribution < -0.4 is 10.2 Å².